The van der Waals surface area contributed by atoms with Crippen LogP contribution in [0.4, 0.5) is 4.11 Å². The Hall–Kier alpha value is 0.638. The van der Waals surface area contributed by atoms with Crippen LogP contribution in [0.2, 0.25) is 52.4 Å². The second-order valence-corrected chi connectivity index (χ2v) is 19.6. The molecule has 0 atom stereocenters. The SMILES string of the molecule is C[Si](C)(O)O[Si](C)(C)O[Si](C)(C)O[Si](C)(C)F. The van der Waals surface area contributed by atoms with Gasteiger partial charge in [0.05, 0.1) is 0 Å². The molecule has 0 aromatic heterocycles. The monoisotopic (exact) mass is 316 g/mol. The summed E-state index contributed by atoms with van der Waals surface area (Å²) >= 11 is 0. The normalized spacial score (nSPS) is 15.2. The molecule has 17 heavy (non-hydrogen) atoms. The van der Waals surface area contributed by atoms with E-state index in [0.29, 0.717) is 0 Å². The minimum absolute atomic E-state index is 1.49. The van der Waals surface area contributed by atoms with Gasteiger partial charge in [-0.2, -0.15) is 0 Å². The summed E-state index contributed by atoms with van der Waals surface area (Å²) in [6.45, 7) is 13.7. The van der Waals surface area contributed by atoms with Gasteiger partial charge in [-0.15, -0.1) is 0 Å². The van der Waals surface area contributed by atoms with E-state index in [1.807, 2.05) is 26.2 Å². The quantitative estimate of drug-likeness (QED) is 0.605. The predicted octanol–water partition coefficient (Wildman–Crippen LogP) is 2.81. The van der Waals surface area contributed by atoms with Crippen LogP contribution in [0.3, 0.4) is 0 Å². The Morgan fingerprint density at radius 3 is 1.35 bits per heavy atom. The summed E-state index contributed by atoms with van der Waals surface area (Å²) in [6, 6.07) is 0. The van der Waals surface area contributed by atoms with Crippen LogP contribution in [-0.4, -0.2) is 39.1 Å². The van der Waals surface area contributed by atoms with Gasteiger partial charge in [0.25, 0.3) is 0 Å². The molecule has 0 spiro atoms. The van der Waals surface area contributed by atoms with E-state index >= 15 is 0 Å². The van der Waals surface area contributed by atoms with Gasteiger partial charge in [0, 0.05) is 0 Å². The number of hydrogen-bond donors (Lipinski definition) is 1. The highest BCUT2D eigenvalue weighted by atomic mass is 28.5. The first-order valence-corrected chi connectivity index (χ1v) is 16.9. The predicted molar refractivity (Wildman–Crippen MR) is 76.5 cm³/mol. The molecule has 104 valence electrons. The van der Waals surface area contributed by atoms with Gasteiger partial charge in [0.2, 0.25) is 0 Å². The molecular weight excluding hydrogens is 291 g/mol. The molecule has 9 heteroatoms. The van der Waals surface area contributed by atoms with Gasteiger partial charge >= 0.3 is 34.3 Å². The fourth-order valence-corrected chi connectivity index (χ4v) is 17.1. The van der Waals surface area contributed by atoms with Crippen molar-refractivity contribution >= 4 is 34.3 Å². The summed E-state index contributed by atoms with van der Waals surface area (Å²) in [5.74, 6) is 0. The molecule has 0 saturated heterocycles. The Bertz CT molecular complexity index is 233. The summed E-state index contributed by atoms with van der Waals surface area (Å²) in [4.78, 5) is 9.76. The van der Waals surface area contributed by atoms with Gasteiger partial charge < -0.3 is 17.1 Å². The highest BCUT2D eigenvalue weighted by molar-refractivity contribution is 6.87. The molecule has 0 aliphatic rings. The van der Waals surface area contributed by atoms with Crippen LogP contribution < -0.4 is 0 Å². The van der Waals surface area contributed by atoms with E-state index in [4.69, 9.17) is 12.3 Å². The lowest BCUT2D eigenvalue weighted by molar-refractivity contribution is 0.290. The molecule has 0 aromatic carbocycles. The maximum Gasteiger partial charge on any atom is 0.369 e. The van der Waals surface area contributed by atoms with E-state index in [9.17, 15) is 8.90 Å². The lowest BCUT2D eigenvalue weighted by atomic mass is 11.9. The van der Waals surface area contributed by atoms with Gasteiger partial charge in [-0.1, -0.05) is 0 Å². The molecule has 0 saturated carbocycles. The lowest BCUT2D eigenvalue weighted by Crippen LogP contribution is -2.55. The largest absolute Gasteiger partial charge is 0.416 e. The minimum atomic E-state index is -3.10. The maximum absolute atomic E-state index is 13.6. The fraction of sp³-hybridized carbons (Fsp3) is 1.00. The van der Waals surface area contributed by atoms with Crippen molar-refractivity contribution in [3.63, 3.8) is 0 Å². The van der Waals surface area contributed by atoms with Crippen molar-refractivity contribution in [1.82, 2.24) is 0 Å². The molecular formula is C8H25FO4Si4. The first-order valence-electron chi connectivity index (χ1n) is 5.64. The molecule has 0 heterocycles. The second-order valence-electron chi connectivity index (χ2n) is 5.92. The van der Waals surface area contributed by atoms with E-state index in [1.54, 1.807) is 13.1 Å². The maximum atomic E-state index is 13.6. The summed E-state index contributed by atoms with van der Waals surface area (Å²) in [5, 5.41) is 0. The molecule has 0 unspecified atom stereocenters. The van der Waals surface area contributed by atoms with Gasteiger partial charge in [0.15, 0.2) is 0 Å². The van der Waals surface area contributed by atoms with Crippen molar-refractivity contribution in [2.45, 2.75) is 52.4 Å². The van der Waals surface area contributed by atoms with E-state index in [-0.39, 0.29) is 0 Å². The summed E-state index contributed by atoms with van der Waals surface area (Å²) in [6.07, 6.45) is 0. The van der Waals surface area contributed by atoms with Crippen molar-refractivity contribution < 1.29 is 21.2 Å². The van der Waals surface area contributed by atoms with Crippen molar-refractivity contribution in [2.75, 3.05) is 0 Å². The van der Waals surface area contributed by atoms with Crippen LogP contribution in [0, 0.1) is 0 Å². The van der Waals surface area contributed by atoms with Crippen LogP contribution in [0.1, 0.15) is 0 Å². The van der Waals surface area contributed by atoms with E-state index in [0.717, 1.165) is 0 Å². The van der Waals surface area contributed by atoms with Crippen LogP contribution in [-0.2, 0) is 12.3 Å². The molecule has 0 radical (unpaired) electrons. The highest BCUT2D eigenvalue weighted by Gasteiger charge is 2.43. The zero-order valence-electron chi connectivity index (χ0n) is 12.0. The van der Waals surface area contributed by atoms with Crippen LogP contribution in [0.15, 0.2) is 0 Å². The number of hydrogen-bond acceptors (Lipinski definition) is 4. The third-order valence-corrected chi connectivity index (χ3v) is 13.3. The topological polar surface area (TPSA) is 47.9 Å². The van der Waals surface area contributed by atoms with Crippen molar-refractivity contribution in [2.24, 2.45) is 0 Å². The second kappa shape index (κ2) is 5.33. The van der Waals surface area contributed by atoms with Crippen molar-refractivity contribution in [1.29, 1.82) is 0 Å². The number of rotatable bonds is 6. The zero-order valence-corrected chi connectivity index (χ0v) is 16.0. The molecule has 0 aromatic rings. The van der Waals surface area contributed by atoms with Crippen molar-refractivity contribution in [3.05, 3.63) is 0 Å². The molecule has 0 fully saturated rings. The van der Waals surface area contributed by atoms with Gasteiger partial charge in [-0.3, -0.25) is 4.11 Å². The Morgan fingerprint density at radius 2 is 1.06 bits per heavy atom. The lowest BCUT2D eigenvalue weighted by Gasteiger charge is -2.37. The Morgan fingerprint density at radius 1 is 0.706 bits per heavy atom. The summed E-state index contributed by atoms with van der Waals surface area (Å²) in [7, 11) is -10.7. The summed E-state index contributed by atoms with van der Waals surface area (Å²) in [5.41, 5.74) is 0. The average Bonchev–Trinajstić information content (AvgIpc) is 1.65. The first kappa shape index (κ1) is 17.6. The molecule has 1 N–H and O–H groups in total. The van der Waals surface area contributed by atoms with Gasteiger partial charge in [0.1, 0.15) is 0 Å². The Balaban J connectivity index is 4.59. The van der Waals surface area contributed by atoms with Crippen molar-refractivity contribution in [3.8, 4) is 0 Å². The van der Waals surface area contributed by atoms with Gasteiger partial charge in [-0.25, -0.2) is 0 Å². The van der Waals surface area contributed by atoms with Gasteiger partial charge in [-0.05, 0) is 52.4 Å². The molecule has 0 aliphatic heterocycles. The average molecular weight is 317 g/mol. The first-order chi connectivity index (χ1) is 7.12. The minimum Gasteiger partial charge on any atom is -0.416 e. The smallest absolute Gasteiger partial charge is 0.369 e. The van der Waals surface area contributed by atoms with E-state index in [2.05, 4.69) is 0 Å². The third kappa shape index (κ3) is 10.3. The fourth-order valence-electron chi connectivity index (χ4n) is 1.82. The van der Waals surface area contributed by atoms with Crippen LogP contribution >= 0.6 is 0 Å². The van der Waals surface area contributed by atoms with Crippen LogP contribution in [0.25, 0.3) is 0 Å². The molecule has 0 rings (SSSR count). The number of halogens is 1. The molecule has 0 amide bonds. The highest BCUT2D eigenvalue weighted by Crippen LogP contribution is 2.23. The Labute approximate surface area is 108 Å². The molecule has 0 bridgehead atoms. The molecule has 0 aliphatic carbocycles. The zero-order chi connectivity index (χ0) is 14.1. The standard InChI is InChI=1S/C8H25FO4Si4/c1-14(2,9)11-16(5,6)13-17(7,8)12-15(3,4)10/h10H,1-8H3. The van der Waals surface area contributed by atoms with E-state index in [1.165, 1.54) is 13.1 Å². The Kier molecular flexibility index (Phi) is 5.53. The third-order valence-electron chi connectivity index (χ3n) is 1.48. The summed E-state index contributed by atoms with van der Waals surface area (Å²) < 4.78 is 30.6. The van der Waals surface area contributed by atoms with Crippen LogP contribution in [0.5, 0.6) is 0 Å². The van der Waals surface area contributed by atoms with E-state index < -0.39 is 34.3 Å². The molecule has 4 nitrogen and oxygen atoms in total.